The molecule has 3 saturated heterocycles. The summed E-state index contributed by atoms with van der Waals surface area (Å²) in [6, 6.07) is 9.76. The first-order valence-corrected chi connectivity index (χ1v) is 9.73. The topological polar surface area (TPSA) is 53.1 Å². The number of rotatable bonds is 4. The van der Waals surface area contributed by atoms with Crippen molar-refractivity contribution in [1.82, 2.24) is 14.7 Å². The van der Waals surface area contributed by atoms with Crippen molar-refractivity contribution in [3.8, 4) is 0 Å². The molecule has 0 spiro atoms. The monoisotopic (exact) mass is 357 g/mol. The fourth-order valence-corrected chi connectivity index (χ4v) is 4.56. The van der Waals surface area contributed by atoms with Crippen molar-refractivity contribution >= 4 is 11.8 Å². The van der Waals surface area contributed by atoms with Crippen LogP contribution in [0.15, 0.2) is 30.3 Å². The normalized spacial score (nSPS) is 29.5. The Labute approximate surface area is 154 Å². The molecule has 3 aliphatic heterocycles. The molecule has 3 aliphatic rings. The van der Waals surface area contributed by atoms with E-state index in [2.05, 4.69) is 4.90 Å². The first-order valence-electron chi connectivity index (χ1n) is 9.73. The molecule has 0 bridgehead atoms. The van der Waals surface area contributed by atoms with Gasteiger partial charge in [0.2, 0.25) is 0 Å². The van der Waals surface area contributed by atoms with Gasteiger partial charge < -0.3 is 9.64 Å². The van der Waals surface area contributed by atoms with Crippen LogP contribution in [-0.2, 0) is 16.1 Å². The van der Waals surface area contributed by atoms with Crippen molar-refractivity contribution in [1.29, 1.82) is 0 Å². The third-order valence-corrected chi connectivity index (χ3v) is 5.81. The summed E-state index contributed by atoms with van der Waals surface area (Å²) in [6.07, 6.45) is 3.89. The molecule has 3 fully saturated rings. The second kappa shape index (κ2) is 7.37. The molecule has 0 aliphatic carbocycles. The molecule has 2 amide bonds. The van der Waals surface area contributed by atoms with Crippen molar-refractivity contribution in [3.63, 3.8) is 0 Å². The SMILES string of the molecule is CCN1C(=O)N2C(OCc3ccccc3)C(=O)CCC2N2CCCCC12. The highest BCUT2D eigenvalue weighted by Crippen LogP contribution is 2.36. The van der Waals surface area contributed by atoms with Gasteiger partial charge in [-0.2, -0.15) is 0 Å². The lowest BCUT2D eigenvalue weighted by Crippen LogP contribution is -2.73. The Kier molecular flexibility index (Phi) is 4.96. The van der Waals surface area contributed by atoms with Crippen LogP contribution in [0, 0.1) is 0 Å². The molecule has 4 rings (SSSR count). The molecule has 26 heavy (non-hydrogen) atoms. The third kappa shape index (κ3) is 3.01. The summed E-state index contributed by atoms with van der Waals surface area (Å²) < 4.78 is 6.00. The molecule has 6 heteroatoms. The van der Waals surface area contributed by atoms with Gasteiger partial charge in [0.1, 0.15) is 0 Å². The summed E-state index contributed by atoms with van der Waals surface area (Å²) in [5.41, 5.74) is 1.01. The Hall–Kier alpha value is -1.92. The molecule has 1 aromatic rings. The van der Waals surface area contributed by atoms with E-state index in [0.717, 1.165) is 31.4 Å². The lowest BCUT2D eigenvalue weighted by Gasteiger charge is -2.57. The molecule has 140 valence electrons. The molecule has 0 saturated carbocycles. The number of carbonyl (C=O) groups is 2. The van der Waals surface area contributed by atoms with Crippen LogP contribution in [0.1, 0.15) is 44.6 Å². The molecule has 0 radical (unpaired) electrons. The average molecular weight is 357 g/mol. The molecular weight excluding hydrogens is 330 g/mol. The maximum absolute atomic E-state index is 13.2. The van der Waals surface area contributed by atoms with E-state index in [9.17, 15) is 9.59 Å². The number of ketones is 1. The van der Waals surface area contributed by atoms with Gasteiger partial charge in [-0.25, -0.2) is 4.79 Å². The fourth-order valence-electron chi connectivity index (χ4n) is 4.56. The Morgan fingerprint density at radius 1 is 1.08 bits per heavy atom. The van der Waals surface area contributed by atoms with E-state index in [1.807, 2.05) is 42.2 Å². The van der Waals surface area contributed by atoms with E-state index in [4.69, 9.17) is 4.74 Å². The summed E-state index contributed by atoms with van der Waals surface area (Å²) in [7, 11) is 0. The second-order valence-electron chi connectivity index (χ2n) is 7.32. The number of nitrogens with zero attached hydrogens (tertiary/aromatic N) is 3. The molecule has 3 atom stereocenters. The zero-order chi connectivity index (χ0) is 18.1. The first kappa shape index (κ1) is 17.5. The lowest BCUT2D eigenvalue weighted by atomic mass is 9.97. The highest BCUT2D eigenvalue weighted by Gasteiger charge is 2.51. The first-order chi connectivity index (χ1) is 12.7. The molecule has 0 aromatic heterocycles. The zero-order valence-corrected chi connectivity index (χ0v) is 15.3. The third-order valence-electron chi connectivity index (χ3n) is 5.81. The standard InChI is InChI=1S/C20H27N3O3/c1-2-21-17-10-6-7-13-22(17)18-12-11-16(24)19(23(18)20(21)25)26-14-15-8-4-3-5-9-15/h3-5,8-9,17-19H,2,6-7,10-14H2,1H3. The smallest absolute Gasteiger partial charge is 0.324 e. The maximum atomic E-state index is 13.2. The van der Waals surface area contributed by atoms with E-state index in [0.29, 0.717) is 26.0 Å². The zero-order valence-electron chi connectivity index (χ0n) is 15.3. The number of fused-ring (bicyclic) bond motifs is 3. The van der Waals surface area contributed by atoms with Gasteiger partial charge in [-0.15, -0.1) is 0 Å². The van der Waals surface area contributed by atoms with E-state index in [1.54, 1.807) is 4.90 Å². The van der Waals surface area contributed by atoms with Crippen LogP contribution in [-0.4, -0.2) is 58.2 Å². The number of piperidine rings is 2. The Balaban J connectivity index is 1.58. The number of benzene rings is 1. The van der Waals surface area contributed by atoms with Gasteiger partial charge >= 0.3 is 6.03 Å². The Bertz CT molecular complexity index is 666. The van der Waals surface area contributed by atoms with E-state index >= 15 is 0 Å². The van der Waals surface area contributed by atoms with Gasteiger partial charge in [-0.3, -0.25) is 14.6 Å². The summed E-state index contributed by atoms with van der Waals surface area (Å²) in [5, 5.41) is 0. The van der Waals surface area contributed by atoms with E-state index in [-0.39, 0.29) is 24.1 Å². The largest absolute Gasteiger partial charge is 0.346 e. The highest BCUT2D eigenvalue weighted by atomic mass is 16.5. The van der Waals surface area contributed by atoms with Crippen molar-refractivity contribution in [2.24, 2.45) is 0 Å². The predicted molar refractivity (Wildman–Crippen MR) is 97.0 cm³/mol. The van der Waals surface area contributed by atoms with E-state index < -0.39 is 6.23 Å². The van der Waals surface area contributed by atoms with Crippen LogP contribution in [0.3, 0.4) is 0 Å². The number of carbonyl (C=O) groups excluding carboxylic acids is 2. The predicted octanol–water partition coefficient (Wildman–Crippen LogP) is 2.79. The van der Waals surface area contributed by atoms with Gasteiger partial charge in [0, 0.05) is 19.5 Å². The minimum absolute atomic E-state index is 0.0112. The number of hydrogen-bond acceptors (Lipinski definition) is 4. The average Bonchev–Trinajstić information content (AvgIpc) is 2.68. The minimum Gasteiger partial charge on any atom is -0.346 e. The maximum Gasteiger partial charge on any atom is 0.324 e. The molecule has 3 heterocycles. The Morgan fingerprint density at radius 2 is 1.88 bits per heavy atom. The molecular formula is C20H27N3O3. The van der Waals surface area contributed by atoms with Crippen LogP contribution in [0.25, 0.3) is 0 Å². The van der Waals surface area contributed by atoms with Crippen molar-refractivity contribution < 1.29 is 14.3 Å². The molecule has 3 unspecified atom stereocenters. The highest BCUT2D eigenvalue weighted by molar-refractivity contribution is 5.89. The van der Waals surface area contributed by atoms with Gasteiger partial charge in [-0.1, -0.05) is 30.3 Å². The molecule has 1 aromatic carbocycles. The summed E-state index contributed by atoms with van der Waals surface area (Å²) in [4.78, 5) is 31.9. The second-order valence-corrected chi connectivity index (χ2v) is 7.32. The minimum atomic E-state index is -0.779. The van der Waals surface area contributed by atoms with E-state index in [1.165, 1.54) is 0 Å². The lowest BCUT2D eigenvalue weighted by molar-refractivity contribution is -0.181. The van der Waals surface area contributed by atoms with Crippen LogP contribution < -0.4 is 0 Å². The summed E-state index contributed by atoms with van der Waals surface area (Å²) in [6.45, 7) is 3.98. The van der Waals surface area contributed by atoms with Gasteiger partial charge in [0.05, 0.1) is 18.9 Å². The Morgan fingerprint density at radius 3 is 2.65 bits per heavy atom. The number of urea groups is 1. The van der Waals surface area contributed by atoms with Gasteiger partial charge in [0.25, 0.3) is 0 Å². The number of amides is 2. The fraction of sp³-hybridized carbons (Fsp3) is 0.600. The van der Waals surface area contributed by atoms with Crippen LogP contribution in [0.5, 0.6) is 0 Å². The number of hydrogen-bond donors (Lipinski definition) is 0. The van der Waals surface area contributed by atoms with Crippen LogP contribution in [0.4, 0.5) is 4.79 Å². The van der Waals surface area contributed by atoms with Crippen LogP contribution in [0.2, 0.25) is 0 Å². The van der Waals surface area contributed by atoms with Gasteiger partial charge in [0.15, 0.2) is 12.0 Å². The van der Waals surface area contributed by atoms with Crippen molar-refractivity contribution in [2.45, 2.75) is 64.2 Å². The number of Topliss-reactive ketones (excluding diaryl/α,β-unsaturated/α-hetero) is 1. The molecule has 0 N–H and O–H groups in total. The van der Waals surface area contributed by atoms with Crippen molar-refractivity contribution in [3.05, 3.63) is 35.9 Å². The summed E-state index contributed by atoms with van der Waals surface area (Å²) >= 11 is 0. The van der Waals surface area contributed by atoms with Gasteiger partial charge in [-0.05, 0) is 38.2 Å². The summed E-state index contributed by atoms with van der Waals surface area (Å²) in [5.74, 6) is 0.0112. The molecule has 6 nitrogen and oxygen atoms in total. The van der Waals surface area contributed by atoms with Crippen LogP contribution >= 0.6 is 0 Å². The quantitative estimate of drug-likeness (QED) is 0.831. The van der Waals surface area contributed by atoms with Crippen molar-refractivity contribution in [2.75, 3.05) is 13.1 Å². The number of ether oxygens (including phenoxy) is 1.